The molecule has 21 heavy (non-hydrogen) atoms. The Labute approximate surface area is 126 Å². The highest BCUT2D eigenvalue weighted by atomic mass is 16.5. The Hall–Kier alpha value is -1.77. The fourth-order valence-electron chi connectivity index (χ4n) is 3.27. The van der Waals surface area contributed by atoms with Gasteiger partial charge >= 0.3 is 0 Å². The van der Waals surface area contributed by atoms with Crippen LogP contribution in [0.1, 0.15) is 33.1 Å². The average molecular weight is 284 g/mol. The van der Waals surface area contributed by atoms with E-state index in [-0.39, 0.29) is 0 Å². The van der Waals surface area contributed by atoms with E-state index in [0.717, 1.165) is 23.4 Å². The number of pyridine rings is 1. The zero-order chi connectivity index (χ0) is 14.8. The van der Waals surface area contributed by atoms with Gasteiger partial charge in [-0.25, -0.2) is 4.98 Å². The minimum Gasteiger partial charge on any atom is -0.497 e. The number of ether oxygens (including phenoxy) is 1. The summed E-state index contributed by atoms with van der Waals surface area (Å²) in [5.74, 6) is 3.51. The minimum absolute atomic E-state index is 0.538. The van der Waals surface area contributed by atoms with Gasteiger partial charge in [0.15, 0.2) is 0 Å². The third kappa shape index (κ3) is 2.97. The molecular weight excluding hydrogens is 260 g/mol. The third-order valence-corrected chi connectivity index (χ3v) is 4.91. The summed E-state index contributed by atoms with van der Waals surface area (Å²) in [6.07, 6.45) is 5.64. The molecule has 1 saturated carbocycles. The van der Waals surface area contributed by atoms with Crippen LogP contribution in [-0.4, -0.2) is 18.1 Å². The second-order valence-electron chi connectivity index (χ2n) is 6.36. The maximum atomic E-state index is 5.30. The van der Waals surface area contributed by atoms with Gasteiger partial charge in [0.1, 0.15) is 11.6 Å². The Morgan fingerprint density at radius 3 is 2.76 bits per heavy atom. The lowest BCUT2D eigenvalue weighted by atomic mass is 9.79. The van der Waals surface area contributed by atoms with Crippen molar-refractivity contribution in [3.8, 4) is 5.75 Å². The Kier molecular flexibility index (Phi) is 4.00. The van der Waals surface area contributed by atoms with Gasteiger partial charge in [-0.2, -0.15) is 0 Å². The van der Waals surface area contributed by atoms with Crippen molar-refractivity contribution in [3.05, 3.63) is 30.5 Å². The molecule has 3 unspecified atom stereocenters. The molecule has 0 radical (unpaired) electrons. The highest BCUT2D eigenvalue weighted by Gasteiger charge is 2.24. The maximum Gasteiger partial charge on any atom is 0.134 e. The van der Waals surface area contributed by atoms with Crippen molar-refractivity contribution in [1.29, 1.82) is 0 Å². The van der Waals surface area contributed by atoms with E-state index in [0.29, 0.717) is 6.04 Å². The molecule has 3 heteroatoms. The number of benzene rings is 1. The molecule has 0 saturated heterocycles. The molecule has 1 fully saturated rings. The first kappa shape index (κ1) is 14.2. The van der Waals surface area contributed by atoms with Crippen molar-refractivity contribution in [2.75, 3.05) is 12.4 Å². The fraction of sp³-hybridized carbons (Fsp3) is 0.500. The summed E-state index contributed by atoms with van der Waals surface area (Å²) in [5.41, 5.74) is 0. The number of fused-ring (bicyclic) bond motifs is 1. The molecule has 1 aromatic carbocycles. The van der Waals surface area contributed by atoms with Gasteiger partial charge in [0.2, 0.25) is 0 Å². The van der Waals surface area contributed by atoms with Gasteiger partial charge in [-0.15, -0.1) is 0 Å². The molecule has 1 aliphatic rings. The van der Waals surface area contributed by atoms with Gasteiger partial charge in [0.25, 0.3) is 0 Å². The van der Waals surface area contributed by atoms with E-state index in [9.17, 15) is 0 Å². The highest BCUT2D eigenvalue weighted by molar-refractivity contribution is 5.92. The predicted octanol–water partition coefficient (Wildman–Crippen LogP) is 4.48. The number of rotatable bonds is 3. The van der Waals surface area contributed by atoms with E-state index < -0.39 is 0 Å². The summed E-state index contributed by atoms with van der Waals surface area (Å²) in [5, 5.41) is 6.00. The van der Waals surface area contributed by atoms with Gasteiger partial charge in [-0.3, -0.25) is 0 Å². The largest absolute Gasteiger partial charge is 0.497 e. The number of hydrogen-bond donors (Lipinski definition) is 1. The topological polar surface area (TPSA) is 34.1 Å². The predicted molar refractivity (Wildman–Crippen MR) is 87.9 cm³/mol. The standard InChI is InChI=1S/C18H24N2O/c1-12-4-5-15(10-13(12)2)20-18-17-7-6-16(21-3)11-14(17)8-9-19-18/h6-9,11-13,15H,4-5,10H2,1-3H3,(H,19,20). The second kappa shape index (κ2) is 5.92. The summed E-state index contributed by atoms with van der Waals surface area (Å²) < 4.78 is 5.30. The number of anilines is 1. The Morgan fingerprint density at radius 2 is 2.00 bits per heavy atom. The van der Waals surface area contributed by atoms with Crippen molar-refractivity contribution < 1.29 is 4.74 Å². The second-order valence-corrected chi connectivity index (χ2v) is 6.36. The maximum absolute atomic E-state index is 5.30. The van der Waals surface area contributed by atoms with Crippen molar-refractivity contribution in [2.45, 2.75) is 39.2 Å². The first-order chi connectivity index (χ1) is 10.2. The minimum atomic E-state index is 0.538. The summed E-state index contributed by atoms with van der Waals surface area (Å²) in [7, 11) is 1.70. The highest BCUT2D eigenvalue weighted by Crippen LogP contribution is 2.32. The Bertz CT molecular complexity index is 626. The van der Waals surface area contributed by atoms with Crippen molar-refractivity contribution in [3.63, 3.8) is 0 Å². The lowest BCUT2D eigenvalue weighted by molar-refractivity contribution is 0.260. The number of aromatic nitrogens is 1. The van der Waals surface area contributed by atoms with Crippen LogP contribution in [0.25, 0.3) is 10.8 Å². The molecule has 0 aliphatic heterocycles. The smallest absolute Gasteiger partial charge is 0.134 e. The summed E-state index contributed by atoms with van der Waals surface area (Å²) in [6, 6.07) is 8.73. The number of hydrogen-bond acceptors (Lipinski definition) is 3. The first-order valence-electron chi connectivity index (χ1n) is 7.86. The van der Waals surface area contributed by atoms with E-state index >= 15 is 0 Å². The van der Waals surface area contributed by atoms with Gasteiger partial charge in [-0.05, 0) is 60.7 Å². The molecule has 3 rings (SSSR count). The van der Waals surface area contributed by atoms with Crippen LogP contribution in [0.5, 0.6) is 5.75 Å². The van der Waals surface area contributed by atoms with Crippen LogP contribution in [0.4, 0.5) is 5.82 Å². The molecule has 0 bridgehead atoms. The number of methoxy groups -OCH3 is 1. The molecule has 112 valence electrons. The van der Waals surface area contributed by atoms with E-state index in [1.807, 2.05) is 18.3 Å². The van der Waals surface area contributed by atoms with E-state index in [2.05, 4.69) is 36.3 Å². The van der Waals surface area contributed by atoms with E-state index in [1.165, 1.54) is 30.0 Å². The summed E-state index contributed by atoms with van der Waals surface area (Å²) in [6.45, 7) is 4.73. The van der Waals surface area contributed by atoms with Crippen LogP contribution in [-0.2, 0) is 0 Å². The molecule has 1 heterocycles. The SMILES string of the molecule is COc1ccc2c(NC3CCC(C)C(C)C3)nccc2c1. The molecule has 3 nitrogen and oxygen atoms in total. The normalized spacial score (nSPS) is 25.8. The molecule has 1 aromatic heterocycles. The zero-order valence-corrected chi connectivity index (χ0v) is 13.1. The van der Waals surface area contributed by atoms with Crippen LogP contribution < -0.4 is 10.1 Å². The molecular formula is C18H24N2O. The number of nitrogens with zero attached hydrogens (tertiary/aromatic N) is 1. The first-order valence-corrected chi connectivity index (χ1v) is 7.86. The van der Waals surface area contributed by atoms with Crippen LogP contribution >= 0.6 is 0 Å². The van der Waals surface area contributed by atoms with Crippen LogP contribution in [0.3, 0.4) is 0 Å². The van der Waals surface area contributed by atoms with Gasteiger partial charge < -0.3 is 10.1 Å². The van der Waals surface area contributed by atoms with Gasteiger partial charge in [0, 0.05) is 17.6 Å². The fourth-order valence-corrected chi connectivity index (χ4v) is 3.27. The zero-order valence-electron chi connectivity index (χ0n) is 13.1. The van der Waals surface area contributed by atoms with E-state index in [1.54, 1.807) is 7.11 Å². The third-order valence-electron chi connectivity index (χ3n) is 4.91. The van der Waals surface area contributed by atoms with E-state index in [4.69, 9.17) is 4.74 Å². The van der Waals surface area contributed by atoms with Crippen LogP contribution in [0.15, 0.2) is 30.5 Å². The summed E-state index contributed by atoms with van der Waals surface area (Å²) >= 11 is 0. The lowest BCUT2D eigenvalue weighted by Gasteiger charge is -2.33. The quantitative estimate of drug-likeness (QED) is 0.902. The van der Waals surface area contributed by atoms with Crippen molar-refractivity contribution in [1.82, 2.24) is 4.98 Å². The van der Waals surface area contributed by atoms with Crippen LogP contribution in [0, 0.1) is 11.8 Å². The average Bonchev–Trinajstić information content (AvgIpc) is 2.50. The molecule has 1 N–H and O–H groups in total. The lowest BCUT2D eigenvalue weighted by Crippen LogP contribution is -2.30. The monoisotopic (exact) mass is 284 g/mol. The molecule has 0 spiro atoms. The summed E-state index contributed by atoms with van der Waals surface area (Å²) in [4.78, 5) is 4.55. The van der Waals surface area contributed by atoms with Gasteiger partial charge in [0.05, 0.1) is 7.11 Å². The molecule has 3 atom stereocenters. The van der Waals surface area contributed by atoms with Crippen molar-refractivity contribution >= 4 is 16.6 Å². The Balaban J connectivity index is 1.84. The van der Waals surface area contributed by atoms with Crippen molar-refractivity contribution in [2.24, 2.45) is 11.8 Å². The number of nitrogens with one attached hydrogen (secondary N) is 1. The molecule has 2 aromatic rings. The molecule has 1 aliphatic carbocycles. The van der Waals surface area contributed by atoms with Gasteiger partial charge in [-0.1, -0.05) is 13.8 Å². The molecule has 0 amide bonds. The van der Waals surface area contributed by atoms with Crippen LogP contribution in [0.2, 0.25) is 0 Å². The Morgan fingerprint density at radius 1 is 1.14 bits per heavy atom.